The summed E-state index contributed by atoms with van der Waals surface area (Å²) in [5.74, 6) is -0.370. The quantitative estimate of drug-likeness (QED) is 0.523. The maximum atomic E-state index is 13.2. The first-order valence-electron chi connectivity index (χ1n) is 10.4. The number of fused-ring (bicyclic) bond motifs is 2. The number of nitrogens with one attached hydrogen (secondary N) is 3. The predicted molar refractivity (Wildman–Crippen MR) is 125 cm³/mol. The highest BCUT2D eigenvalue weighted by Gasteiger charge is 2.21. The van der Waals surface area contributed by atoms with Crippen LogP contribution in [0.2, 0.25) is 0 Å². The lowest BCUT2D eigenvalue weighted by Gasteiger charge is -2.21. The number of anilines is 3. The summed E-state index contributed by atoms with van der Waals surface area (Å²) in [4.78, 5) is 37.1. The number of benzene rings is 3. The topological polar surface area (TPSA) is 96.5 Å². The van der Waals surface area contributed by atoms with Crippen molar-refractivity contribution in [2.24, 2.45) is 0 Å². The van der Waals surface area contributed by atoms with E-state index in [4.69, 9.17) is 4.74 Å². The van der Waals surface area contributed by atoms with Crippen LogP contribution in [0.5, 0.6) is 0 Å². The molecule has 3 aromatic carbocycles. The van der Waals surface area contributed by atoms with Gasteiger partial charge in [-0.15, -0.1) is 0 Å². The highest BCUT2D eigenvalue weighted by molar-refractivity contribution is 6.12. The summed E-state index contributed by atoms with van der Waals surface area (Å²) < 4.78 is 5.36. The Morgan fingerprint density at radius 2 is 1.66 bits per heavy atom. The van der Waals surface area contributed by atoms with Crippen molar-refractivity contribution >= 4 is 45.7 Å². The SMILES string of the molecule is CC(C)(C)OC(=O)Nc1cc2ccccc2cc1C(=O)Nc1ccc2c(c1)CCC(=O)N2. The first-order valence-corrected chi connectivity index (χ1v) is 10.4. The van der Waals surface area contributed by atoms with Crippen molar-refractivity contribution in [3.8, 4) is 0 Å². The van der Waals surface area contributed by atoms with Crippen molar-refractivity contribution in [3.05, 3.63) is 65.7 Å². The zero-order chi connectivity index (χ0) is 22.9. The number of hydrogen-bond donors (Lipinski definition) is 3. The van der Waals surface area contributed by atoms with Gasteiger partial charge in [0.1, 0.15) is 5.60 Å². The molecule has 0 radical (unpaired) electrons. The second-order valence-corrected chi connectivity index (χ2v) is 8.75. The molecular weight excluding hydrogens is 406 g/mol. The molecule has 0 spiro atoms. The van der Waals surface area contributed by atoms with Gasteiger partial charge in [0, 0.05) is 17.8 Å². The van der Waals surface area contributed by atoms with Crippen LogP contribution in [0.1, 0.15) is 43.1 Å². The summed E-state index contributed by atoms with van der Waals surface area (Å²) in [6.07, 6.45) is 0.400. The largest absolute Gasteiger partial charge is 0.444 e. The number of ether oxygens (including phenoxy) is 1. The Labute approximate surface area is 186 Å². The van der Waals surface area contributed by atoms with Gasteiger partial charge in [0.25, 0.3) is 5.91 Å². The van der Waals surface area contributed by atoms with Gasteiger partial charge in [-0.25, -0.2) is 4.79 Å². The smallest absolute Gasteiger partial charge is 0.412 e. The fourth-order valence-electron chi connectivity index (χ4n) is 3.60. The summed E-state index contributed by atoms with van der Waals surface area (Å²) in [5, 5.41) is 10.2. The molecule has 32 heavy (non-hydrogen) atoms. The van der Waals surface area contributed by atoms with Crippen molar-refractivity contribution < 1.29 is 19.1 Å². The van der Waals surface area contributed by atoms with Crippen LogP contribution in [-0.4, -0.2) is 23.5 Å². The molecule has 7 heteroatoms. The van der Waals surface area contributed by atoms with Gasteiger partial charge in [0.05, 0.1) is 11.3 Å². The number of carbonyl (C=O) groups excluding carboxylic acids is 3. The lowest BCUT2D eigenvalue weighted by molar-refractivity contribution is -0.116. The van der Waals surface area contributed by atoms with Crippen LogP contribution < -0.4 is 16.0 Å². The molecule has 4 rings (SSSR count). The molecule has 0 atom stereocenters. The van der Waals surface area contributed by atoms with E-state index in [1.807, 2.05) is 30.3 Å². The standard InChI is InChI=1S/C25H25N3O4/c1-25(2,3)32-24(31)28-21-14-16-7-5-4-6-15(16)13-19(21)23(30)26-18-9-10-20-17(12-18)8-11-22(29)27-20/h4-7,9-10,12-14H,8,11H2,1-3H3,(H,26,30)(H,27,29)(H,28,31). The fraction of sp³-hybridized carbons (Fsp3) is 0.240. The second-order valence-electron chi connectivity index (χ2n) is 8.75. The molecular formula is C25H25N3O4. The van der Waals surface area contributed by atoms with Crippen LogP contribution in [-0.2, 0) is 16.0 Å². The van der Waals surface area contributed by atoms with Gasteiger partial charge < -0.3 is 15.4 Å². The van der Waals surface area contributed by atoms with E-state index in [0.29, 0.717) is 29.8 Å². The van der Waals surface area contributed by atoms with Gasteiger partial charge in [0.2, 0.25) is 5.91 Å². The summed E-state index contributed by atoms with van der Waals surface area (Å²) in [6, 6.07) is 16.5. The molecule has 1 heterocycles. The average molecular weight is 431 g/mol. The minimum Gasteiger partial charge on any atom is -0.444 e. The van der Waals surface area contributed by atoms with Crippen LogP contribution in [0.3, 0.4) is 0 Å². The van der Waals surface area contributed by atoms with Gasteiger partial charge in [0.15, 0.2) is 0 Å². The molecule has 1 aliphatic rings. The molecule has 0 aromatic heterocycles. The lowest BCUT2D eigenvalue weighted by atomic mass is 10.0. The minimum atomic E-state index is -0.665. The molecule has 3 N–H and O–H groups in total. The summed E-state index contributed by atoms with van der Waals surface area (Å²) in [6.45, 7) is 5.33. The number of carbonyl (C=O) groups is 3. The zero-order valence-electron chi connectivity index (χ0n) is 18.2. The molecule has 0 fully saturated rings. The molecule has 0 saturated heterocycles. The molecule has 0 saturated carbocycles. The van der Waals surface area contributed by atoms with Gasteiger partial charge in [-0.2, -0.15) is 0 Å². The first kappa shape index (κ1) is 21.4. The Morgan fingerprint density at radius 3 is 2.38 bits per heavy atom. The van der Waals surface area contributed by atoms with Crippen molar-refractivity contribution in [1.82, 2.24) is 0 Å². The Balaban J connectivity index is 1.64. The van der Waals surface area contributed by atoms with E-state index in [1.165, 1.54) is 0 Å². The lowest BCUT2D eigenvalue weighted by Crippen LogP contribution is -2.28. The predicted octanol–water partition coefficient (Wildman–Crippen LogP) is 5.32. The molecule has 3 amide bonds. The van der Waals surface area contributed by atoms with Gasteiger partial charge in [-0.1, -0.05) is 24.3 Å². The van der Waals surface area contributed by atoms with Gasteiger partial charge >= 0.3 is 6.09 Å². The van der Waals surface area contributed by atoms with Crippen LogP contribution in [0, 0.1) is 0 Å². The first-order chi connectivity index (χ1) is 15.2. The monoisotopic (exact) mass is 431 g/mol. The van der Waals surface area contributed by atoms with E-state index in [0.717, 1.165) is 22.0 Å². The molecule has 0 bridgehead atoms. The van der Waals surface area contributed by atoms with Crippen LogP contribution in [0.4, 0.5) is 21.9 Å². The maximum absolute atomic E-state index is 13.2. The molecule has 0 unspecified atom stereocenters. The fourth-order valence-corrected chi connectivity index (χ4v) is 3.60. The van der Waals surface area contributed by atoms with E-state index in [1.54, 1.807) is 45.0 Å². The number of rotatable bonds is 3. The second kappa shape index (κ2) is 8.34. The van der Waals surface area contributed by atoms with E-state index >= 15 is 0 Å². The Bertz CT molecular complexity index is 1230. The average Bonchev–Trinajstić information content (AvgIpc) is 2.72. The van der Waals surface area contributed by atoms with Crippen molar-refractivity contribution in [2.75, 3.05) is 16.0 Å². The highest BCUT2D eigenvalue weighted by Crippen LogP contribution is 2.28. The Kier molecular flexibility index (Phi) is 5.57. The Hall–Kier alpha value is -3.87. The van der Waals surface area contributed by atoms with Crippen LogP contribution >= 0.6 is 0 Å². The van der Waals surface area contributed by atoms with E-state index in [2.05, 4.69) is 16.0 Å². The molecule has 164 valence electrons. The molecule has 3 aromatic rings. The van der Waals surface area contributed by atoms with Crippen LogP contribution in [0.25, 0.3) is 10.8 Å². The summed E-state index contributed by atoms with van der Waals surface area (Å²) >= 11 is 0. The van der Waals surface area contributed by atoms with E-state index in [-0.39, 0.29) is 11.8 Å². The van der Waals surface area contributed by atoms with Gasteiger partial charge in [-0.3, -0.25) is 14.9 Å². The number of amides is 3. The van der Waals surface area contributed by atoms with E-state index in [9.17, 15) is 14.4 Å². The molecule has 0 aliphatic carbocycles. The number of aryl methyl sites for hydroxylation is 1. The van der Waals surface area contributed by atoms with Gasteiger partial charge in [-0.05, 0) is 73.9 Å². The normalized spacial score (nSPS) is 13.2. The van der Waals surface area contributed by atoms with Crippen molar-refractivity contribution in [1.29, 1.82) is 0 Å². The third-order valence-electron chi connectivity index (χ3n) is 5.02. The zero-order valence-corrected chi connectivity index (χ0v) is 18.2. The van der Waals surface area contributed by atoms with Crippen molar-refractivity contribution in [2.45, 2.75) is 39.2 Å². The number of hydrogen-bond acceptors (Lipinski definition) is 4. The molecule has 7 nitrogen and oxygen atoms in total. The minimum absolute atomic E-state index is 0.0108. The maximum Gasteiger partial charge on any atom is 0.412 e. The van der Waals surface area contributed by atoms with Crippen LogP contribution in [0.15, 0.2) is 54.6 Å². The van der Waals surface area contributed by atoms with Crippen molar-refractivity contribution in [3.63, 3.8) is 0 Å². The summed E-state index contributed by atoms with van der Waals surface area (Å²) in [7, 11) is 0. The Morgan fingerprint density at radius 1 is 0.938 bits per heavy atom. The van der Waals surface area contributed by atoms with E-state index < -0.39 is 11.7 Å². The molecule has 1 aliphatic heterocycles. The third-order valence-corrected chi connectivity index (χ3v) is 5.02. The third kappa shape index (κ3) is 4.88. The summed E-state index contributed by atoms with van der Waals surface area (Å²) in [5.41, 5.74) is 2.36. The highest BCUT2D eigenvalue weighted by atomic mass is 16.6.